The van der Waals surface area contributed by atoms with Gasteiger partial charge in [0.15, 0.2) is 6.10 Å². The molecule has 0 heterocycles. The monoisotopic (exact) mass is 943 g/mol. The lowest BCUT2D eigenvalue weighted by molar-refractivity contribution is -0.167. The maximum absolute atomic E-state index is 12.9. The van der Waals surface area contributed by atoms with Crippen LogP contribution < -0.4 is 0 Å². The lowest BCUT2D eigenvalue weighted by Gasteiger charge is -2.18. The molecule has 6 heteroatoms. The third-order valence-corrected chi connectivity index (χ3v) is 13.4. The molecule has 0 saturated heterocycles. The standard InChI is InChI=1S/C61H114O6/c1-4-7-10-13-16-19-22-24-26-28-30-32-34-36-39-42-45-48-51-54-60(63)66-57-58(56-65-59(62)53-50-47-44-41-38-21-18-15-12-9-6-3)67-61(64)55-52-49-46-43-40-37-35-33-31-29-27-25-23-20-17-14-11-8-5-2/h24-27,58H,4-23,28-57H2,1-3H3/b26-24-,27-25-. The van der Waals surface area contributed by atoms with Crippen molar-refractivity contribution in [2.75, 3.05) is 13.2 Å². The Morgan fingerprint density at radius 1 is 0.284 bits per heavy atom. The molecule has 0 amide bonds. The number of hydrogen-bond acceptors (Lipinski definition) is 6. The molecule has 67 heavy (non-hydrogen) atoms. The quantitative estimate of drug-likeness (QED) is 0.0262. The van der Waals surface area contributed by atoms with Crippen LogP contribution in [0.2, 0.25) is 0 Å². The maximum atomic E-state index is 12.9. The number of ether oxygens (including phenoxy) is 3. The van der Waals surface area contributed by atoms with E-state index in [1.54, 1.807) is 0 Å². The Labute approximate surface area is 417 Å². The Morgan fingerprint density at radius 2 is 0.493 bits per heavy atom. The van der Waals surface area contributed by atoms with Crippen molar-refractivity contribution in [2.24, 2.45) is 0 Å². The molecule has 0 aliphatic carbocycles. The number of esters is 3. The van der Waals surface area contributed by atoms with Crippen LogP contribution in [0.4, 0.5) is 0 Å². The fourth-order valence-electron chi connectivity index (χ4n) is 8.91. The second-order valence-corrected chi connectivity index (χ2v) is 20.3. The van der Waals surface area contributed by atoms with Gasteiger partial charge in [-0.05, 0) is 70.6 Å². The van der Waals surface area contributed by atoms with Gasteiger partial charge in [-0.3, -0.25) is 14.4 Å². The van der Waals surface area contributed by atoms with Crippen LogP contribution in [-0.2, 0) is 28.6 Å². The van der Waals surface area contributed by atoms with E-state index >= 15 is 0 Å². The van der Waals surface area contributed by atoms with Gasteiger partial charge in [0.1, 0.15) is 13.2 Å². The Hall–Kier alpha value is -2.11. The SMILES string of the molecule is CCCCCCCC/C=C\CCCCCCCCCCCC(=O)OCC(COC(=O)CCCCCCCCCCCCC)OC(=O)CCCCCCCCCCC/C=C\CCCCCCCC. The molecule has 0 saturated carbocycles. The normalized spacial score (nSPS) is 12.1. The first-order chi connectivity index (χ1) is 33.0. The summed E-state index contributed by atoms with van der Waals surface area (Å²) >= 11 is 0. The van der Waals surface area contributed by atoms with Crippen LogP contribution in [0, 0.1) is 0 Å². The number of carbonyl (C=O) groups excluding carboxylic acids is 3. The molecule has 0 spiro atoms. The highest BCUT2D eigenvalue weighted by atomic mass is 16.6. The Bertz CT molecular complexity index is 1080. The highest BCUT2D eigenvalue weighted by Crippen LogP contribution is 2.17. The average molecular weight is 944 g/mol. The van der Waals surface area contributed by atoms with Crippen LogP contribution in [0.5, 0.6) is 0 Å². The third-order valence-electron chi connectivity index (χ3n) is 13.4. The summed E-state index contributed by atoms with van der Waals surface area (Å²) in [5, 5.41) is 0. The van der Waals surface area contributed by atoms with E-state index in [9.17, 15) is 14.4 Å². The van der Waals surface area contributed by atoms with Crippen molar-refractivity contribution in [3.8, 4) is 0 Å². The average Bonchev–Trinajstić information content (AvgIpc) is 3.33. The molecular weight excluding hydrogens is 829 g/mol. The van der Waals surface area contributed by atoms with Gasteiger partial charge in [0, 0.05) is 19.3 Å². The summed E-state index contributed by atoms with van der Waals surface area (Å²) in [6, 6.07) is 0. The minimum absolute atomic E-state index is 0.0681. The van der Waals surface area contributed by atoms with Gasteiger partial charge >= 0.3 is 17.9 Å². The van der Waals surface area contributed by atoms with E-state index in [-0.39, 0.29) is 31.1 Å². The molecule has 0 rings (SSSR count). The zero-order valence-electron chi connectivity index (χ0n) is 45.2. The Balaban J connectivity index is 4.28. The first kappa shape index (κ1) is 64.9. The second-order valence-electron chi connectivity index (χ2n) is 20.3. The summed E-state index contributed by atoms with van der Waals surface area (Å²) in [6.07, 6.45) is 66.0. The number of carbonyl (C=O) groups is 3. The van der Waals surface area contributed by atoms with Crippen molar-refractivity contribution in [1.29, 1.82) is 0 Å². The van der Waals surface area contributed by atoms with Crippen LogP contribution >= 0.6 is 0 Å². The molecule has 0 fully saturated rings. The lowest BCUT2D eigenvalue weighted by atomic mass is 10.1. The molecule has 0 aromatic rings. The molecule has 6 nitrogen and oxygen atoms in total. The van der Waals surface area contributed by atoms with Gasteiger partial charge in [-0.25, -0.2) is 0 Å². The highest BCUT2D eigenvalue weighted by Gasteiger charge is 2.19. The molecule has 0 N–H and O–H groups in total. The zero-order chi connectivity index (χ0) is 48.6. The van der Waals surface area contributed by atoms with E-state index in [0.717, 1.165) is 57.8 Å². The molecule has 0 aliphatic rings. The first-order valence-corrected chi connectivity index (χ1v) is 29.8. The van der Waals surface area contributed by atoms with Gasteiger partial charge in [0.2, 0.25) is 0 Å². The lowest BCUT2D eigenvalue weighted by Crippen LogP contribution is -2.30. The molecule has 394 valence electrons. The molecule has 0 radical (unpaired) electrons. The van der Waals surface area contributed by atoms with Gasteiger partial charge in [0.05, 0.1) is 0 Å². The van der Waals surface area contributed by atoms with Crippen molar-refractivity contribution >= 4 is 17.9 Å². The summed E-state index contributed by atoms with van der Waals surface area (Å²) in [4.78, 5) is 38.1. The summed E-state index contributed by atoms with van der Waals surface area (Å²) in [7, 11) is 0. The van der Waals surface area contributed by atoms with Crippen LogP contribution in [-0.4, -0.2) is 37.2 Å². The molecule has 0 aromatic carbocycles. The van der Waals surface area contributed by atoms with Gasteiger partial charge in [0.25, 0.3) is 0 Å². The summed E-state index contributed by atoms with van der Waals surface area (Å²) in [6.45, 7) is 6.67. The van der Waals surface area contributed by atoms with E-state index in [0.29, 0.717) is 19.3 Å². The largest absolute Gasteiger partial charge is 0.462 e. The molecular formula is C61H114O6. The Morgan fingerprint density at radius 3 is 0.746 bits per heavy atom. The summed E-state index contributed by atoms with van der Waals surface area (Å²) in [5.41, 5.74) is 0. The van der Waals surface area contributed by atoms with Crippen molar-refractivity contribution in [1.82, 2.24) is 0 Å². The third kappa shape index (κ3) is 54.7. The number of unbranched alkanes of at least 4 members (excludes halogenated alkanes) is 40. The van der Waals surface area contributed by atoms with E-state index in [1.165, 1.54) is 231 Å². The summed E-state index contributed by atoms with van der Waals surface area (Å²) < 4.78 is 16.9. The zero-order valence-corrected chi connectivity index (χ0v) is 45.2. The number of hydrogen-bond donors (Lipinski definition) is 0. The minimum Gasteiger partial charge on any atom is -0.462 e. The van der Waals surface area contributed by atoms with E-state index in [4.69, 9.17) is 14.2 Å². The fourth-order valence-corrected chi connectivity index (χ4v) is 8.91. The Kier molecular flexibility index (Phi) is 54.7. The van der Waals surface area contributed by atoms with Crippen molar-refractivity contribution in [2.45, 2.75) is 335 Å². The van der Waals surface area contributed by atoms with Gasteiger partial charge < -0.3 is 14.2 Å². The molecule has 1 unspecified atom stereocenters. The van der Waals surface area contributed by atoms with Crippen molar-refractivity contribution < 1.29 is 28.6 Å². The van der Waals surface area contributed by atoms with Crippen LogP contribution in [0.1, 0.15) is 329 Å². The van der Waals surface area contributed by atoms with Crippen molar-refractivity contribution in [3.05, 3.63) is 24.3 Å². The maximum Gasteiger partial charge on any atom is 0.306 e. The molecule has 0 aromatic heterocycles. The predicted molar refractivity (Wildman–Crippen MR) is 289 cm³/mol. The molecule has 0 aliphatic heterocycles. The smallest absolute Gasteiger partial charge is 0.306 e. The van der Waals surface area contributed by atoms with E-state index in [2.05, 4.69) is 45.1 Å². The topological polar surface area (TPSA) is 78.9 Å². The summed E-state index contributed by atoms with van der Waals surface area (Å²) in [5.74, 6) is -0.852. The van der Waals surface area contributed by atoms with E-state index < -0.39 is 6.10 Å². The van der Waals surface area contributed by atoms with Crippen LogP contribution in [0.25, 0.3) is 0 Å². The molecule has 0 bridgehead atoms. The van der Waals surface area contributed by atoms with Crippen molar-refractivity contribution in [3.63, 3.8) is 0 Å². The van der Waals surface area contributed by atoms with E-state index in [1.807, 2.05) is 0 Å². The predicted octanol–water partition coefficient (Wildman–Crippen LogP) is 19.9. The molecule has 1 atom stereocenters. The number of allylic oxidation sites excluding steroid dienone is 4. The minimum atomic E-state index is -0.769. The van der Waals surface area contributed by atoms with Gasteiger partial charge in [-0.1, -0.05) is 263 Å². The highest BCUT2D eigenvalue weighted by molar-refractivity contribution is 5.71. The second kappa shape index (κ2) is 56.5. The van der Waals surface area contributed by atoms with Crippen LogP contribution in [0.15, 0.2) is 24.3 Å². The fraction of sp³-hybridized carbons (Fsp3) is 0.885. The number of rotatable bonds is 55. The van der Waals surface area contributed by atoms with Crippen LogP contribution in [0.3, 0.4) is 0 Å². The van der Waals surface area contributed by atoms with Gasteiger partial charge in [-0.2, -0.15) is 0 Å². The first-order valence-electron chi connectivity index (χ1n) is 29.8. The van der Waals surface area contributed by atoms with Gasteiger partial charge in [-0.15, -0.1) is 0 Å².